The Hall–Kier alpha value is -2.28. The molecule has 25 heavy (non-hydrogen) atoms. The lowest BCUT2D eigenvalue weighted by molar-refractivity contribution is -0.118. The Balaban J connectivity index is 2.12. The third-order valence-electron chi connectivity index (χ3n) is 3.53. The molecule has 0 spiro atoms. The van der Waals surface area contributed by atoms with E-state index in [-0.39, 0.29) is 17.2 Å². The van der Waals surface area contributed by atoms with Gasteiger partial charge in [0.25, 0.3) is 5.91 Å². The second kappa shape index (κ2) is 8.20. The van der Waals surface area contributed by atoms with E-state index in [0.29, 0.717) is 4.47 Å². The number of rotatable bonds is 5. The minimum atomic E-state index is -0.874. The maximum absolute atomic E-state index is 13.9. The summed E-state index contributed by atoms with van der Waals surface area (Å²) in [5, 5.41) is 5.07. The van der Waals surface area contributed by atoms with Crippen LogP contribution in [0.4, 0.5) is 14.5 Å². The van der Waals surface area contributed by atoms with E-state index in [2.05, 4.69) is 26.6 Å². The van der Waals surface area contributed by atoms with Crippen molar-refractivity contribution in [2.45, 2.75) is 19.9 Å². The number of hydrogen-bond donors (Lipinski definition) is 2. The van der Waals surface area contributed by atoms with Crippen molar-refractivity contribution in [2.75, 3.05) is 5.32 Å². The van der Waals surface area contributed by atoms with Crippen molar-refractivity contribution < 1.29 is 18.4 Å². The van der Waals surface area contributed by atoms with Gasteiger partial charge in [0.1, 0.15) is 17.7 Å². The van der Waals surface area contributed by atoms with E-state index in [1.165, 1.54) is 24.3 Å². The zero-order valence-corrected chi connectivity index (χ0v) is 15.2. The second-order valence-electron chi connectivity index (χ2n) is 5.82. The smallest absolute Gasteiger partial charge is 0.251 e. The monoisotopic (exact) mass is 410 g/mol. The molecule has 4 nitrogen and oxygen atoms in total. The lowest BCUT2D eigenvalue weighted by Gasteiger charge is -2.22. The molecule has 0 aromatic heterocycles. The van der Waals surface area contributed by atoms with Crippen molar-refractivity contribution in [1.29, 1.82) is 0 Å². The second-order valence-corrected chi connectivity index (χ2v) is 6.73. The van der Waals surface area contributed by atoms with Crippen LogP contribution in [0.5, 0.6) is 0 Å². The van der Waals surface area contributed by atoms with Crippen molar-refractivity contribution in [3.05, 3.63) is 64.1 Å². The predicted molar refractivity (Wildman–Crippen MR) is 95.2 cm³/mol. The molecule has 2 amide bonds. The largest absolute Gasteiger partial charge is 0.340 e. The van der Waals surface area contributed by atoms with Crippen LogP contribution in [0.3, 0.4) is 0 Å². The highest BCUT2D eigenvalue weighted by Crippen LogP contribution is 2.20. The first-order valence-electron chi connectivity index (χ1n) is 7.60. The Morgan fingerprint density at radius 2 is 1.68 bits per heavy atom. The summed E-state index contributed by atoms with van der Waals surface area (Å²) in [7, 11) is 0. The average molecular weight is 411 g/mol. The summed E-state index contributed by atoms with van der Waals surface area (Å²) in [5.74, 6) is -2.32. The standard InChI is InChI=1S/C18H17BrF2N2O2/c1-10(2)16(23-17(24)11-3-6-13(20)7-4-11)18(25)22-15-8-5-12(19)9-14(15)21/h3-10,16H,1-2H3,(H,22,25)(H,23,24). The highest BCUT2D eigenvalue weighted by Gasteiger charge is 2.25. The molecule has 0 aliphatic rings. The molecule has 2 rings (SSSR count). The molecule has 2 N–H and O–H groups in total. The van der Waals surface area contributed by atoms with Gasteiger partial charge in [0.2, 0.25) is 5.91 Å². The Morgan fingerprint density at radius 1 is 1.04 bits per heavy atom. The molecule has 0 fully saturated rings. The third kappa shape index (κ3) is 5.09. The van der Waals surface area contributed by atoms with Crippen molar-refractivity contribution in [1.82, 2.24) is 5.32 Å². The van der Waals surface area contributed by atoms with Crippen LogP contribution in [0.25, 0.3) is 0 Å². The van der Waals surface area contributed by atoms with Crippen LogP contribution in [-0.4, -0.2) is 17.9 Å². The minimum Gasteiger partial charge on any atom is -0.340 e. The molecule has 0 aliphatic heterocycles. The zero-order valence-electron chi connectivity index (χ0n) is 13.6. The van der Waals surface area contributed by atoms with Crippen LogP contribution in [0, 0.1) is 17.6 Å². The molecule has 0 saturated carbocycles. The molecule has 0 aliphatic carbocycles. The molecule has 1 unspecified atom stereocenters. The first kappa shape index (κ1) is 19.1. The van der Waals surface area contributed by atoms with E-state index in [0.717, 1.165) is 12.1 Å². The fourth-order valence-electron chi connectivity index (χ4n) is 2.16. The first-order chi connectivity index (χ1) is 11.8. The van der Waals surface area contributed by atoms with Gasteiger partial charge in [0.15, 0.2) is 0 Å². The van der Waals surface area contributed by atoms with Gasteiger partial charge in [0, 0.05) is 10.0 Å². The van der Waals surface area contributed by atoms with Gasteiger partial charge in [-0.3, -0.25) is 9.59 Å². The van der Waals surface area contributed by atoms with Gasteiger partial charge in [-0.05, 0) is 48.4 Å². The summed E-state index contributed by atoms with van der Waals surface area (Å²) in [6.07, 6.45) is 0. The number of anilines is 1. The van der Waals surface area contributed by atoms with Gasteiger partial charge in [0.05, 0.1) is 5.69 Å². The normalized spacial score (nSPS) is 11.9. The lowest BCUT2D eigenvalue weighted by atomic mass is 10.0. The lowest BCUT2D eigenvalue weighted by Crippen LogP contribution is -2.47. The fraction of sp³-hybridized carbons (Fsp3) is 0.222. The summed E-state index contributed by atoms with van der Waals surface area (Å²) in [6, 6.07) is 8.37. The van der Waals surface area contributed by atoms with Crippen molar-refractivity contribution in [3.8, 4) is 0 Å². The molecule has 0 bridgehead atoms. The molecule has 1 atom stereocenters. The average Bonchev–Trinajstić information content (AvgIpc) is 2.55. The van der Waals surface area contributed by atoms with Gasteiger partial charge in [-0.1, -0.05) is 29.8 Å². The molecule has 7 heteroatoms. The van der Waals surface area contributed by atoms with E-state index in [9.17, 15) is 18.4 Å². The SMILES string of the molecule is CC(C)C(NC(=O)c1ccc(F)cc1)C(=O)Nc1ccc(Br)cc1F. The van der Waals surface area contributed by atoms with Crippen molar-refractivity contribution in [2.24, 2.45) is 5.92 Å². The molecule has 0 radical (unpaired) electrons. The topological polar surface area (TPSA) is 58.2 Å². The molecule has 0 heterocycles. The molecule has 2 aromatic carbocycles. The Kier molecular flexibility index (Phi) is 6.25. The van der Waals surface area contributed by atoms with E-state index in [1.54, 1.807) is 19.9 Å². The number of benzene rings is 2. The van der Waals surface area contributed by atoms with Crippen molar-refractivity contribution in [3.63, 3.8) is 0 Å². The molecular formula is C18H17BrF2N2O2. The quantitative estimate of drug-likeness (QED) is 0.778. The number of carbonyl (C=O) groups excluding carboxylic acids is 2. The van der Waals surface area contributed by atoms with Crippen LogP contribution in [0.15, 0.2) is 46.9 Å². The predicted octanol–water partition coefficient (Wildman–Crippen LogP) is 4.12. The third-order valence-corrected chi connectivity index (χ3v) is 4.02. The summed E-state index contributed by atoms with van der Waals surface area (Å²) >= 11 is 3.14. The Morgan fingerprint density at radius 3 is 2.24 bits per heavy atom. The molecule has 0 saturated heterocycles. The van der Waals surface area contributed by atoms with E-state index in [4.69, 9.17) is 0 Å². The first-order valence-corrected chi connectivity index (χ1v) is 8.39. The van der Waals surface area contributed by atoms with Crippen LogP contribution in [0.1, 0.15) is 24.2 Å². The number of amides is 2. The Bertz CT molecular complexity index is 779. The summed E-state index contributed by atoms with van der Waals surface area (Å²) in [5.41, 5.74) is 0.254. The maximum atomic E-state index is 13.9. The van der Waals surface area contributed by atoms with Gasteiger partial charge >= 0.3 is 0 Å². The number of halogens is 3. The minimum absolute atomic E-state index is 0.0230. The molecule has 2 aromatic rings. The van der Waals surface area contributed by atoms with Gasteiger partial charge < -0.3 is 10.6 Å². The van der Waals surface area contributed by atoms with Crippen LogP contribution in [-0.2, 0) is 4.79 Å². The maximum Gasteiger partial charge on any atom is 0.251 e. The van der Waals surface area contributed by atoms with Crippen LogP contribution in [0.2, 0.25) is 0 Å². The molecule has 132 valence electrons. The Labute approximate surface area is 152 Å². The van der Waals surface area contributed by atoms with Crippen LogP contribution >= 0.6 is 15.9 Å². The van der Waals surface area contributed by atoms with Gasteiger partial charge in [-0.25, -0.2) is 8.78 Å². The zero-order chi connectivity index (χ0) is 18.6. The summed E-state index contributed by atoms with van der Waals surface area (Å²) < 4.78 is 27.4. The van der Waals surface area contributed by atoms with E-state index >= 15 is 0 Å². The number of nitrogens with one attached hydrogen (secondary N) is 2. The fourth-order valence-corrected chi connectivity index (χ4v) is 2.50. The molecular weight excluding hydrogens is 394 g/mol. The van der Waals surface area contributed by atoms with E-state index < -0.39 is 29.5 Å². The van der Waals surface area contributed by atoms with Crippen molar-refractivity contribution >= 4 is 33.4 Å². The number of carbonyl (C=O) groups is 2. The summed E-state index contributed by atoms with van der Waals surface area (Å²) in [4.78, 5) is 24.7. The van der Waals surface area contributed by atoms with Gasteiger partial charge in [-0.15, -0.1) is 0 Å². The van der Waals surface area contributed by atoms with Gasteiger partial charge in [-0.2, -0.15) is 0 Å². The van der Waals surface area contributed by atoms with Crippen LogP contribution < -0.4 is 10.6 Å². The summed E-state index contributed by atoms with van der Waals surface area (Å²) in [6.45, 7) is 3.51. The number of hydrogen-bond acceptors (Lipinski definition) is 2. The highest BCUT2D eigenvalue weighted by molar-refractivity contribution is 9.10. The highest BCUT2D eigenvalue weighted by atomic mass is 79.9. The van der Waals surface area contributed by atoms with E-state index in [1.807, 2.05) is 0 Å².